The number of likely N-dealkylation sites (N-methyl/N-ethyl adjacent to an activating group) is 1. The summed E-state index contributed by atoms with van der Waals surface area (Å²) in [4.78, 5) is 4.44. The number of imidazole rings is 1. The molecule has 0 aliphatic heterocycles. The zero-order valence-electron chi connectivity index (χ0n) is 11.2. The van der Waals surface area contributed by atoms with E-state index in [4.69, 9.17) is 0 Å². The van der Waals surface area contributed by atoms with Crippen LogP contribution in [0.1, 0.15) is 33.5 Å². The standard InChI is InChI=1S/C13H25N3/c1-6-16-8-7-15-13(16)9-12(14-5)11(4)10(2)3/h7-8,10-12,14H,6,9H2,1-5H3. The Kier molecular flexibility index (Phi) is 5.00. The summed E-state index contributed by atoms with van der Waals surface area (Å²) in [7, 11) is 2.04. The van der Waals surface area contributed by atoms with Crippen molar-refractivity contribution in [2.75, 3.05) is 7.05 Å². The smallest absolute Gasteiger partial charge is 0.110 e. The molecule has 0 aliphatic carbocycles. The number of nitrogens with zero attached hydrogens (tertiary/aromatic N) is 2. The van der Waals surface area contributed by atoms with Gasteiger partial charge in [-0.15, -0.1) is 0 Å². The average molecular weight is 223 g/mol. The number of aryl methyl sites for hydroxylation is 1. The third-order valence-electron chi connectivity index (χ3n) is 3.60. The first-order chi connectivity index (χ1) is 7.60. The molecular weight excluding hydrogens is 198 g/mol. The van der Waals surface area contributed by atoms with Crippen LogP contribution < -0.4 is 5.32 Å². The molecule has 2 unspecified atom stereocenters. The molecule has 0 bridgehead atoms. The summed E-state index contributed by atoms with van der Waals surface area (Å²) < 4.78 is 2.22. The molecule has 0 aliphatic rings. The van der Waals surface area contributed by atoms with Crippen molar-refractivity contribution in [1.29, 1.82) is 0 Å². The normalized spacial score (nSPS) is 15.4. The van der Waals surface area contributed by atoms with E-state index in [-0.39, 0.29) is 0 Å². The predicted molar refractivity (Wildman–Crippen MR) is 68.5 cm³/mol. The van der Waals surface area contributed by atoms with E-state index in [1.54, 1.807) is 0 Å². The first-order valence-corrected chi connectivity index (χ1v) is 6.27. The van der Waals surface area contributed by atoms with Gasteiger partial charge in [0.2, 0.25) is 0 Å². The van der Waals surface area contributed by atoms with Gasteiger partial charge in [-0.1, -0.05) is 20.8 Å². The fraction of sp³-hybridized carbons (Fsp3) is 0.769. The highest BCUT2D eigenvalue weighted by Gasteiger charge is 2.20. The Morgan fingerprint density at radius 2 is 2.06 bits per heavy atom. The van der Waals surface area contributed by atoms with E-state index in [1.165, 1.54) is 5.82 Å². The molecule has 0 fully saturated rings. The highest BCUT2D eigenvalue weighted by atomic mass is 15.1. The van der Waals surface area contributed by atoms with Crippen molar-refractivity contribution < 1.29 is 0 Å². The number of nitrogens with one attached hydrogen (secondary N) is 1. The van der Waals surface area contributed by atoms with E-state index in [1.807, 2.05) is 13.2 Å². The Labute approximate surface area is 99.3 Å². The molecule has 1 N–H and O–H groups in total. The third kappa shape index (κ3) is 3.08. The van der Waals surface area contributed by atoms with Crippen LogP contribution in [0.2, 0.25) is 0 Å². The Balaban J connectivity index is 2.70. The maximum absolute atomic E-state index is 4.44. The molecule has 1 aromatic rings. The van der Waals surface area contributed by atoms with E-state index < -0.39 is 0 Å². The third-order valence-corrected chi connectivity index (χ3v) is 3.60. The summed E-state index contributed by atoms with van der Waals surface area (Å²) in [5.41, 5.74) is 0. The Morgan fingerprint density at radius 3 is 2.56 bits per heavy atom. The van der Waals surface area contributed by atoms with E-state index in [9.17, 15) is 0 Å². The Morgan fingerprint density at radius 1 is 1.38 bits per heavy atom. The first-order valence-electron chi connectivity index (χ1n) is 6.27. The largest absolute Gasteiger partial charge is 0.335 e. The van der Waals surface area contributed by atoms with Gasteiger partial charge >= 0.3 is 0 Å². The van der Waals surface area contributed by atoms with Gasteiger partial charge in [0.15, 0.2) is 0 Å². The maximum atomic E-state index is 4.44. The molecule has 0 amide bonds. The van der Waals surface area contributed by atoms with Gasteiger partial charge in [0, 0.05) is 31.4 Å². The van der Waals surface area contributed by atoms with E-state index in [0.29, 0.717) is 17.9 Å². The van der Waals surface area contributed by atoms with Crippen LogP contribution >= 0.6 is 0 Å². The number of aromatic nitrogens is 2. The Hall–Kier alpha value is -0.830. The molecule has 1 heterocycles. The second-order valence-electron chi connectivity index (χ2n) is 4.83. The molecule has 0 aromatic carbocycles. The summed E-state index contributed by atoms with van der Waals surface area (Å²) in [5.74, 6) is 2.55. The van der Waals surface area contributed by atoms with E-state index in [2.05, 4.69) is 48.8 Å². The second kappa shape index (κ2) is 6.04. The number of hydrogen-bond acceptors (Lipinski definition) is 2. The fourth-order valence-corrected chi connectivity index (χ4v) is 2.03. The molecule has 92 valence electrons. The van der Waals surface area contributed by atoms with Crippen LogP contribution in [0.15, 0.2) is 12.4 Å². The van der Waals surface area contributed by atoms with Crippen LogP contribution in [0.3, 0.4) is 0 Å². The molecule has 3 heteroatoms. The van der Waals surface area contributed by atoms with Gasteiger partial charge in [-0.3, -0.25) is 0 Å². The monoisotopic (exact) mass is 223 g/mol. The SMILES string of the molecule is CCn1ccnc1CC(NC)C(C)C(C)C. The minimum atomic E-state index is 0.507. The van der Waals surface area contributed by atoms with Gasteiger partial charge in [-0.2, -0.15) is 0 Å². The Bertz CT molecular complexity index is 304. The maximum Gasteiger partial charge on any atom is 0.110 e. The second-order valence-corrected chi connectivity index (χ2v) is 4.83. The van der Waals surface area contributed by atoms with Crippen LogP contribution in [0.5, 0.6) is 0 Å². The van der Waals surface area contributed by atoms with Gasteiger partial charge < -0.3 is 9.88 Å². The molecule has 0 saturated heterocycles. The van der Waals surface area contributed by atoms with Crippen molar-refractivity contribution in [1.82, 2.24) is 14.9 Å². The lowest BCUT2D eigenvalue weighted by Crippen LogP contribution is -2.37. The van der Waals surface area contributed by atoms with Crippen molar-refractivity contribution in [2.24, 2.45) is 11.8 Å². The van der Waals surface area contributed by atoms with Gasteiger partial charge in [-0.05, 0) is 25.8 Å². The summed E-state index contributed by atoms with van der Waals surface area (Å²) in [6.07, 6.45) is 4.96. The summed E-state index contributed by atoms with van der Waals surface area (Å²) in [6, 6.07) is 0.507. The molecule has 3 nitrogen and oxygen atoms in total. The minimum Gasteiger partial charge on any atom is -0.335 e. The molecule has 0 radical (unpaired) electrons. The lowest BCUT2D eigenvalue weighted by atomic mass is 9.88. The lowest BCUT2D eigenvalue weighted by molar-refractivity contribution is 0.304. The fourth-order valence-electron chi connectivity index (χ4n) is 2.03. The molecular formula is C13H25N3. The molecule has 0 saturated carbocycles. The lowest BCUT2D eigenvalue weighted by Gasteiger charge is -2.26. The van der Waals surface area contributed by atoms with Crippen molar-refractivity contribution >= 4 is 0 Å². The van der Waals surface area contributed by atoms with Crippen LogP contribution in [0.25, 0.3) is 0 Å². The summed E-state index contributed by atoms with van der Waals surface area (Å²) >= 11 is 0. The molecule has 1 rings (SSSR count). The summed E-state index contributed by atoms with van der Waals surface area (Å²) in [5, 5.41) is 3.42. The van der Waals surface area contributed by atoms with Gasteiger partial charge in [0.05, 0.1) is 0 Å². The highest BCUT2D eigenvalue weighted by molar-refractivity contribution is 4.96. The first kappa shape index (κ1) is 13.2. The average Bonchev–Trinajstić information content (AvgIpc) is 2.71. The summed E-state index contributed by atoms with van der Waals surface area (Å²) in [6.45, 7) is 10.0. The molecule has 2 atom stereocenters. The predicted octanol–water partition coefficient (Wildman–Crippen LogP) is 2.33. The van der Waals surface area contributed by atoms with E-state index >= 15 is 0 Å². The van der Waals surface area contributed by atoms with Crippen molar-refractivity contribution in [2.45, 2.75) is 46.7 Å². The van der Waals surface area contributed by atoms with Crippen LogP contribution in [-0.2, 0) is 13.0 Å². The van der Waals surface area contributed by atoms with Gasteiger partial charge in [0.1, 0.15) is 5.82 Å². The van der Waals surface area contributed by atoms with Crippen LogP contribution in [-0.4, -0.2) is 22.6 Å². The van der Waals surface area contributed by atoms with Crippen molar-refractivity contribution in [3.63, 3.8) is 0 Å². The zero-order chi connectivity index (χ0) is 12.1. The molecule has 16 heavy (non-hydrogen) atoms. The van der Waals surface area contributed by atoms with Crippen molar-refractivity contribution in [3.05, 3.63) is 18.2 Å². The highest BCUT2D eigenvalue weighted by Crippen LogP contribution is 2.17. The zero-order valence-corrected chi connectivity index (χ0v) is 11.2. The van der Waals surface area contributed by atoms with Gasteiger partial charge in [0.25, 0.3) is 0 Å². The number of rotatable bonds is 6. The topological polar surface area (TPSA) is 29.9 Å². The quantitative estimate of drug-likeness (QED) is 0.802. The number of hydrogen-bond donors (Lipinski definition) is 1. The van der Waals surface area contributed by atoms with Crippen molar-refractivity contribution in [3.8, 4) is 0 Å². The van der Waals surface area contributed by atoms with Crippen LogP contribution in [0.4, 0.5) is 0 Å². The van der Waals surface area contributed by atoms with E-state index in [0.717, 1.165) is 13.0 Å². The minimum absolute atomic E-state index is 0.507. The molecule has 1 aromatic heterocycles. The van der Waals surface area contributed by atoms with Crippen LogP contribution in [0, 0.1) is 11.8 Å². The molecule has 0 spiro atoms. The van der Waals surface area contributed by atoms with Gasteiger partial charge in [-0.25, -0.2) is 4.98 Å².